The highest BCUT2D eigenvalue weighted by molar-refractivity contribution is 7.16. The highest BCUT2D eigenvalue weighted by Gasteiger charge is 2.44. The molecule has 0 unspecified atom stereocenters. The van der Waals surface area contributed by atoms with Gasteiger partial charge in [-0.25, -0.2) is 0 Å². The number of halogens is 1. The number of fused-ring (bicyclic) bond motifs is 2. The van der Waals surface area contributed by atoms with Crippen LogP contribution in [-0.4, -0.2) is 40.4 Å². The molecule has 0 aliphatic carbocycles. The second-order valence-corrected chi connectivity index (χ2v) is 8.64. The second-order valence-electron chi connectivity index (χ2n) is 6.96. The van der Waals surface area contributed by atoms with Gasteiger partial charge >= 0.3 is 0 Å². The molecule has 1 saturated heterocycles. The van der Waals surface area contributed by atoms with E-state index in [1.807, 2.05) is 23.1 Å². The van der Waals surface area contributed by atoms with Crippen LogP contribution in [0.5, 0.6) is 0 Å². The summed E-state index contributed by atoms with van der Waals surface area (Å²) in [5.74, 6) is 0. The molecule has 0 radical (unpaired) electrons. The number of aryl methyl sites for hydroxylation is 1. The highest BCUT2D eigenvalue weighted by atomic mass is 35.5. The Morgan fingerprint density at radius 1 is 1.46 bits per heavy atom. The lowest BCUT2D eigenvalue weighted by atomic mass is 9.82. The lowest BCUT2D eigenvalue weighted by Gasteiger charge is -2.47. The summed E-state index contributed by atoms with van der Waals surface area (Å²) in [5, 5.41) is 4.28. The average Bonchev–Trinajstić information content (AvgIpc) is 3.19. The number of nitrogens with zero attached hydrogens (tertiary/aromatic N) is 3. The molecule has 0 bridgehead atoms. The number of rotatable bonds is 4. The van der Waals surface area contributed by atoms with Gasteiger partial charge < -0.3 is 9.64 Å². The Kier molecular flexibility index (Phi) is 4.69. The van der Waals surface area contributed by atoms with Crippen molar-refractivity contribution >= 4 is 22.9 Å². The summed E-state index contributed by atoms with van der Waals surface area (Å²) in [7, 11) is 0. The lowest BCUT2D eigenvalue weighted by molar-refractivity contribution is -0.109. The van der Waals surface area contributed by atoms with Gasteiger partial charge in [0.25, 0.3) is 0 Å². The zero-order valence-electron chi connectivity index (χ0n) is 14.1. The predicted octanol–water partition coefficient (Wildman–Crippen LogP) is 3.94. The number of thiophene rings is 1. The predicted molar refractivity (Wildman–Crippen MR) is 97.8 cm³/mol. The van der Waals surface area contributed by atoms with Gasteiger partial charge in [-0.1, -0.05) is 11.6 Å². The monoisotopic (exact) mass is 365 g/mol. The molecule has 4 heterocycles. The summed E-state index contributed by atoms with van der Waals surface area (Å²) < 4.78 is 9.26. The number of ether oxygens (including phenoxy) is 1. The minimum absolute atomic E-state index is 0.0940. The van der Waals surface area contributed by atoms with Crippen molar-refractivity contribution in [2.75, 3.05) is 19.7 Å². The summed E-state index contributed by atoms with van der Waals surface area (Å²) in [5.41, 5.74) is 1.32. The Bertz CT molecular complexity index is 687. The Morgan fingerprint density at radius 2 is 2.38 bits per heavy atom. The summed E-state index contributed by atoms with van der Waals surface area (Å²) in [6.07, 6.45) is 8.16. The fraction of sp³-hybridized carbons (Fsp3) is 0.611. The molecule has 0 N–H and O–H groups in total. The van der Waals surface area contributed by atoms with Crippen LogP contribution >= 0.6 is 22.9 Å². The number of aromatic nitrogens is 2. The maximum absolute atomic E-state index is 6.34. The van der Waals surface area contributed by atoms with Gasteiger partial charge in [-0.05, 0) is 50.3 Å². The first-order valence-electron chi connectivity index (χ1n) is 8.80. The fourth-order valence-electron chi connectivity index (χ4n) is 4.18. The Hall–Kier alpha value is -0.880. The Balaban J connectivity index is 1.39. The third-order valence-corrected chi connectivity index (χ3v) is 6.88. The normalized spacial score (nSPS) is 27.5. The summed E-state index contributed by atoms with van der Waals surface area (Å²) >= 11 is 8.01. The van der Waals surface area contributed by atoms with Crippen LogP contribution in [0.4, 0.5) is 0 Å². The topological polar surface area (TPSA) is 30.3 Å². The van der Waals surface area contributed by atoms with Crippen LogP contribution in [0.25, 0.3) is 0 Å². The molecule has 6 heteroatoms. The van der Waals surface area contributed by atoms with Crippen LogP contribution < -0.4 is 0 Å². The van der Waals surface area contributed by atoms with E-state index in [1.165, 1.54) is 10.4 Å². The molecule has 0 amide bonds. The van der Waals surface area contributed by atoms with Crippen LogP contribution in [0.2, 0.25) is 4.34 Å². The van der Waals surface area contributed by atoms with Gasteiger partial charge in [0.05, 0.1) is 10.9 Å². The first kappa shape index (κ1) is 16.6. The van der Waals surface area contributed by atoms with Crippen molar-refractivity contribution in [2.24, 2.45) is 0 Å². The maximum atomic E-state index is 6.34. The molecule has 24 heavy (non-hydrogen) atoms. The van der Waals surface area contributed by atoms with Gasteiger partial charge in [-0.2, -0.15) is 5.10 Å². The molecule has 0 saturated carbocycles. The zero-order valence-corrected chi connectivity index (χ0v) is 15.7. The number of piperidine rings is 1. The lowest BCUT2D eigenvalue weighted by Crippen LogP contribution is -2.50. The van der Waals surface area contributed by atoms with Crippen molar-refractivity contribution in [3.05, 3.63) is 39.3 Å². The van der Waals surface area contributed by atoms with E-state index < -0.39 is 0 Å². The highest BCUT2D eigenvalue weighted by Crippen LogP contribution is 2.47. The van der Waals surface area contributed by atoms with Gasteiger partial charge in [0, 0.05) is 42.9 Å². The van der Waals surface area contributed by atoms with Gasteiger partial charge in [0.15, 0.2) is 0 Å². The van der Waals surface area contributed by atoms with E-state index in [1.54, 1.807) is 11.3 Å². The third-order valence-electron chi connectivity index (χ3n) is 5.39. The van der Waals surface area contributed by atoms with Gasteiger partial charge in [0.1, 0.15) is 5.60 Å². The summed E-state index contributed by atoms with van der Waals surface area (Å²) in [4.78, 5) is 3.99. The van der Waals surface area contributed by atoms with Crippen molar-refractivity contribution in [3.8, 4) is 0 Å². The van der Waals surface area contributed by atoms with Crippen molar-refractivity contribution in [1.82, 2.24) is 14.7 Å². The molecular weight excluding hydrogens is 342 g/mol. The largest absolute Gasteiger partial charge is 0.369 e. The molecule has 2 aliphatic rings. The standard InChI is InChI=1S/C18H24ClN3OS/c1-14-13-18(17-15(4-11-23-18)12-16(19)24-17)5-10-21(14)7-3-9-22-8-2-6-20-22/h2,6,8,12,14H,3-5,7,9-11,13H2,1H3/t14-,18+/m0/s1. The van der Waals surface area contributed by atoms with Crippen LogP contribution in [-0.2, 0) is 23.3 Å². The molecule has 0 aromatic carbocycles. The smallest absolute Gasteiger partial charge is 0.105 e. The minimum Gasteiger partial charge on any atom is -0.369 e. The van der Waals surface area contributed by atoms with Crippen molar-refractivity contribution in [3.63, 3.8) is 0 Å². The van der Waals surface area contributed by atoms with E-state index in [9.17, 15) is 0 Å². The fourth-order valence-corrected chi connectivity index (χ4v) is 5.66. The molecule has 4 nitrogen and oxygen atoms in total. The minimum atomic E-state index is -0.0940. The first-order valence-corrected chi connectivity index (χ1v) is 10.00. The maximum Gasteiger partial charge on any atom is 0.105 e. The van der Waals surface area contributed by atoms with E-state index in [-0.39, 0.29) is 5.60 Å². The Morgan fingerprint density at radius 3 is 3.17 bits per heavy atom. The molecule has 4 rings (SSSR count). The molecule has 2 aromatic heterocycles. The van der Waals surface area contributed by atoms with Crippen molar-refractivity contribution in [2.45, 2.75) is 50.8 Å². The number of likely N-dealkylation sites (tertiary alicyclic amines) is 1. The second kappa shape index (κ2) is 6.79. The van der Waals surface area contributed by atoms with Gasteiger partial charge in [-0.15, -0.1) is 11.3 Å². The van der Waals surface area contributed by atoms with E-state index in [4.69, 9.17) is 16.3 Å². The molecule has 2 aromatic rings. The number of hydrogen-bond acceptors (Lipinski definition) is 4. The summed E-state index contributed by atoms with van der Waals surface area (Å²) in [6.45, 7) is 6.36. The van der Waals surface area contributed by atoms with Gasteiger partial charge in [0.2, 0.25) is 0 Å². The molecular formula is C18H24ClN3OS. The molecule has 2 atom stereocenters. The average molecular weight is 366 g/mol. The van der Waals surface area contributed by atoms with Crippen molar-refractivity contribution in [1.29, 1.82) is 0 Å². The zero-order chi connectivity index (χ0) is 16.6. The van der Waals surface area contributed by atoms with Gasteiger partial charge in [-0.3, -0.25) is 4.68 Å². The van der Waals surface area contributed by atoms with E-state index >= 15 is 0 Å². The van der Waals surface area contributed by atoms with E-state index in [0.29, 0.717) is 6.04 Å². The third kappa shape index (κ3) is 3.15. The molecule has 130 valence electrons. The van der Waals surface area contributed by atoms with Crippen LogP contribution in [0.3, 0.4) is 0 Å². The summed E-state index contributed by atoms with van der Waals surface area (Å²) in [6, 6.07) is 4.66. The van der Waals surface area contributed by atoms with Crippen LogP contribution in [0.1, 0.15) is 36.6 Å². The van der Waals surface area contributed by atoms with Crippen molar-refractivity contribution < 1.29 is 4.74 Å². The van der Waals surface area contributed by atoms with E-state index in [0.717, 1.165) is 56.3 Å². The molecule has 1 fully saturated rings. The van der Waals surface area contributed by atoms with E-state index in [2.05, 4.69) is 23.0 Å². The molecule has 1 spiro atoms. The van der Waals surface area contributed by atoms with Crippen LogP contribution in [0, 0.1) is 0 Å². The SMILES string of the molecule is C[C@H]1C[C@@]2(CCN1CCCn1cccn1)OCCc1cc(Cl)sc12. The Labute approximate surface area is 152 Å². The van der Waals surface area contributed by atoms with Crippen LogP contribution in [0.15, 0.2) is 24.5 Å². The first-order chi connectivity index (χ1) is 11.7. The molecule has 2 aliphatic heterocycles. The quantitative estimate of drug-likeness (QED) is 0.822. The number of hydrogen-bond donors (Lipinski definition) is 0.